The van der Waals surface area contributed by atoms with Crippen molar-refractivity contribution in [3.8, 4) is 0 Å². The molecule has 0 saturated carbocycles. The molecule has 0 aromatic heterocycles. The molecule has 1 atom stereocenters. The lowest BCUT2D eigenvalue weighted by Crippen LogP contribution is -2.45. The summed E-state index contributed by atoms with van der Waals surface area (Å²) in [5.74, 6) is -0.487. The first-order valence-electron chi connectivity index (χ1n) is 2.86. The zero-order valence-corrected chi connectivity index (χ0v) is 5.97. The first-order chi connectivity index (χ1) is 4.57. The van der Waals surface area contributed by atoms with Gasteiger partial charge in [0, 0.05) is 7.05 Å². The van der Waals surface area contributed by atoms with E-state index in [4.69, 9.17) is 5.73 Å². The van der Waals surface area contributed by atoms with Gasteiger partial charge in [-0.3, -0.25) is 10.1 Å². The summed E-state index contributed by atoms with van der Waals surface area (Å²) < 4.78 is 0. The normalized spacial score (nSPS) is 11.9. The van der Waals surface area contributed by atoms with Crippen molar-refractivity contribution < 1.29 is 9.59 Å². The fourth-order valence-electron chi connectivity index (χ4n) is 0.288. The van der Waals surface area contributed by atoms with Gasteiger partial charge in [-0.05, 0) is 6.92 Å². The van der Waals surface area contributed by atoms with Gasteiger partial charge >= 0.3 is 6.03 Å². The summed E-state index contributed by atoms with van der Waals surface area (Å²) in [5.41, 5.74) is 5.15. The van der Waals surface area contributed by atoms with E-state index in [9.17, 15) is 9.59 Å². The highest BCUT2D eigenvalue weighted by molar-refractivity contribution is 5.96. The van der Waals surface area contributed by atoms with Crippen LogP contribution in [0, 0.1) is 0 Å². The Labute approximate surface area is 59.0 Å². The second-order valence-electron chi connectivity index (χ2n) is 1.86. The van der Waals surface area contributed by atoms with Crippen LogP contribution in [0.4, 0.5) is 4.79 Å². The monoisotopic (exact) mass is 145 g/mol. The van der Waals surface area contributed by atoms with Crippen molar-refractivity contribution in [1.29, 1.82) is 0 Å². The van der Waals surface area contributed by atoms with Gasteiger partial charge in [-0.1, -0.05) is 0 Å². The molecule has 10 heavy (non-hydrogen) atoms. The molecule has 0 saturated heterocycles. The van der Waals surface area contributed by atoms with Crippen molar-refractivity contribution in [2.24, 2.45) is 5.73 Å². The molecule has 0 fully saturated rings. The second-order valence-corrected chi connectivity index (χ2v) is 1.86. The van der Waals surface area contributed by atoms with Gasteiger partial charge in [0.2, 0.25) is 5.91 Å². The first kappa shape index (κ1) is 8.90. The highest BCUT2D eigenvalue weighted by Crippen LogP contribution is 1.73. The Kier molecular flexibility index (Phi) is 3.42. The van der Waals surface area contributed by atoms with Crippen LogP contribution in [0.3, 0.4) is 0 Å². The van der Waals surface area contributed by atoms with Crippen molar-refractivity contribution in [1.82, 2.24) is 10.6 Å². The Morgan fingerprint density at radius 3 is 2.30 bits per heavy atom. The van der Waals surface area contributed by atoms with E-state index in [1.807, 2.05) is 5.32 Å². The molecule has 0 aliphatic carbocycles. The highest BCUT2D eigenvalue weighted by atomic mass is 16.2. The zero-order chi connectivity index (χ0) is 8.15. The van der Waals surface area contributed by atoms with E-state index in [2.05, 4.69) is 5.32 Å². The molecule has 0 aliphatic heterocycles. The molecule has 5 nitrogen and oxygen atoms in total. The van der Waals surface area contributed by atoms with Crippen LogP contribution >= 0.6 is 0 Å². The van der Waals surface area contributed by atoms with E-state index >= 15 is 0 Å². The maximum atomic E-state index is 10.6. The Morgan fingerprint density at radius 1 is 1.50 bits per heavy atom. The van der Waals surface area contributed by atoms with Crippen LogP contribution in [0.1, 0.15) is 6.92 Å². The summed E-state index contributed by atoms with van der Waals surface area (Å²) in [5, 5.41) is 4.24. The molecule has 0 bridgehead atoms. The van der Waals surface area contributed by atoms with Crippen LogP contribution in [0.25, 0.3) is 0 Å². The Balaban J connectivity index is 3.69. The molecule has 0 aliphatic rings. The number of hydrogen-bond donors (Lipinski definition) is 3. The van der Waals surface area contributed by atoms with Gasteiger partial charge in [-0.15, -0.1) is 0 Å². The van der Waals surface area contributed by atoms with Gasteiger partial charge < -0.3 is 11.1 Å². The number of rotatable bonds is 1. The largest absolute Gasteiger partial charge is 0.341 e. The van der Waals surface area contributed by atoms with Crippen molar-refractivity contribution in [3.05, 3.63) is 0 Å². The minimum atomic E-state index is -0.655. The quantitative estimate of drug-likeness (QED) is 0.433. The molecule has 0 unspecified atom stereocenters. The third-order valence-electron chi connectivity index (χ3n) is 0.877. The predicted molar refractivity (Wildman–Crippen MR) is 36.2 cm³/mol. The minimum Gasteiger partial charge on any atom is -0.341 e. The van der Waals surface area contributed by atoms with E-state index in [-0.39, 0.29) is 0 Å². The zero-order valence-electron chi connectivity index (χ0n) is 5.97. The number of imide groups is 1. The fraction of sp³-hybridized carbons (Fsp3) is 0.600. The van der Waals surface area contributed by atoms with Gasteiger partial charge in [0.1, 0.15) is 0 Å². The summed E-state index contributed by atoms with van der Waals surface area (Å²) in [4.78, 5) is 21.0. The molecule has 3 amide bonds. The smallest absolute Gasteiger partial charge is 0.321 e. The third kappa shape index (κ3) is 3.03. The van der Waals surface area contributed by atoms with Crippen LogP contribution < -0.4 is 16.4 Å². The number of nitrogens with one attached hydrogen (secondary N) is 2. The molecule has 0 aromatic carbocycles. The summed E-state index contributed by atoms with van der Waals surface area (Å²) in [6.07, 6.45) is 0. The SMILES string of the molecule is CNC(=O)NC(=O)[C@H](C)N. The maximum Gasteiger partial charge on any atom is 0.321 e. The van der Waals surface area contributed by atoms with Crippen LogP contribution in [0.2, 0.25) is 0 Å². The van der Waals surface area contributed by atoms with E-state index in [1.54, 1.807) is 0 Å². The molecule has 0 rings (SSSR count). The van der Waals surface area contributed by atoms with E-state index in [0.717, 1.165) is 0 Å². The maximum absolute atomic E-state index is 10.6. The topological polar surface area (TPSA) is 84.2 Å². The summed E-state index contributed by atoms with van der Waals surface area (Å²) in [6, 6.07) is -1.19. The molecule has 0 aromatic rings. The summed E-state index contributed by atoms with van der Waals surface area (Å²) in [6.45, 7) is 1.50. The lowest BCUT2D eigenvalue weighted by molar-refractivity contribution is -0.120. The second kappa shape index (κ2) is 3.84. The van der Waals surface area contributed by atoms with Crippen molar-refractivity contribution in [2.45, 2.75) is 13.0 Å². The molecule has 4 N–H and O–H groups in total. The lowest BCUT2D eigenvalue weighted by atomic mass is 10.3. The average Bonchev–Trinajstić information content (AvgIpc) is 1.87. The van der Waals surface area contributed by atoms with Crippen molar-refractivity contribution >= 4 is 11.9 Å². The molecular weight excluding hydrogens is 134 g/mol. The van der Waals surface area contributed by atoms with Crippen LogP contribution in [0.5, 0.6) is 0 Å². The number of carbonyl (C=O) groups is 2. The fourth-order valence-corrected chi connectivity index (χ4v) is 0.288. The number of urea groups is 1. The summed E-state index contributed by atoms with van der Waals surface area (Å²) in [7, 11) is 1.42. The van der Waals surface area contributed by atoms with E-state index < -0.39 is 18.0 Å². The van der Waals surface area contributed by atoms with Gasteiger partial charge in [-0.25, -0.2) is 4.79 Å². The van der Waals surface area contributed by atoms with Crippen molar-refractivity contribution in [3.63, 3.8) is 0 Å². The van der Waals surface area contributed by atoms with Crippen molar-refractivity contribution in [2.75, 3.05) is 7.05 Å². The summed E-state index contributed by atoms with van der Waals surface area (Å²) >= 11 is 0. The van der Waals surface area contributed by atoms with Gasteiger partial charge in [-0.2, -0.15) is 0 Å². The lowest BCUT2D eigenvalue weighted by Gasteiger charge is -2.04. The molecular formula is C5H11N3O2. The van der Waals surface area contributed by atoms with E-state index in [0.29, 0.717) is 0 Å². The number of carbonyl (C=O) groups excluding carboxylic acids is 2. The van der Waals surface area contributed by atoms with Gasteiger partial charge in [0.25, 0.3) is 0 Å². The molecule has 0 heterocycles. The van der Waals surface area contributed by atoms with Crippen LogP contribution in [0.15, 0.2) is 0 Å². The molecule has 0 radical (unpaired) electrons. The van der Waals surface area contributed by atoms with Gasteiger partial charge in [0.15, 0.2) is 0 Å². The van der Waals surface area contributed by atoms with Gasteiger partial charge in [0.05, 0.1) is 6.04 Å². The first-order valence-corrected chi connectivity index (χ1v) is 2.86. The molecule has 5 heteroatoms. The number of hydrogen-bond acceptors (Lipinski definition) is 3. The number of nitrogens with two attached hydrogens (primary N) is 1. The third-order valence-corrected chi connectivity index (χ3v) is 0.877. The van der Waals surface area contributed by atoms with E-state index in [1.165, 1.54) is 14.0 Å². The predicted octanol–water partition coefficient (Wildman–Crippen LogP) is -1.21. The Morgan fingerprint density at radius 2 is 2.00 bits per heavy atom. The Hall–Kier alpha value is -1.10. The number of amides is 3. The van der Waals surface area contributed by atoms with Crippen LogP contribution in [-0.2, 0) is 4.79 Å². The minimum absolute atomic E-state index is 0.487. The van der Waals surface area contributed by atoms with Crippen LogP contribution in [-0.4, -0.2) is 25.0 Å². The molecule has 0 spiro atoms. The molecule has 58 valence electrons. The highest BCUT2D eigenvalue weighted by Gasteiger charge is 2.08. The Bertz CT molecular complexity index is 144. The average molecular weight is 145 g/mol. The standard InChI is InChI=1S/C5H11N3O2/c1-3(6)4(9)8-5(10)7-2/h3H,6H2,1-2H3,(H2,7,8,9,10)/t3-/m0/s1.